The number of benzene rings is 1. The lowest BCUT2D eigenvalue weighted by atomic mass is 10.1. The maximum Gasteiger partial charge on any atom is 0.233 e. The Bertz CT molecular complexity index is 649. The number of aromatic nitrogens is 1. The van der Waals surface area contributed by atoms with E-state index >= 15 is 0 Å². The fourth-order valence-corrected chi connectivity index (χ4v) is 3.03. The molecule has 0 bridgehead atoms. The molecule has 23 heavy (non-hydrogen) atoms. The van der Waals surface area contributed by atoms with Gasteiger partial charge in [-0.2, -0.15) is 0 Å². The van der Waals surface area contributed by atoms with Crippen molar-refractivity contribution < 1.29 is 9.53 Å². The van der Waals surface area contributed by atoms with E-state index in [1.54, 1.807) is 25.4 Å². The lowest BCUT2D eigenvalue weighted by Crippen LogP contribution is -2.32. The molecule has 0 aliphatic rings. The predicted octanol–water partition coefficient (Wildman–Crippen LogP) is 3.58. The van der Waals surface area contributed by atoms with Crippen molar-refractivity contribution in [2.75, 3.05) is 13.7 Å². The third-order valence-corrected chi connectivity index (χ3v) is 4.79. The lowest BCUT2D eigenvalue weighted by Gasteiger charge is -2.12. The van der Waals surface area contributed by atoms with E-state index < -0.39 is 0 Å². The van der Waals surface area contributed by atoms with Crippen LogP contribution in [-0.4, -0.2) is 29.8 Å². The Hall–Kier alpha value is -1.72. The van der Waals surface area contributed by atoms with Gasteiger partial charge in [0.15, 0.2) is 0 Å². The van der Waals surface area contributed by atoms with Gasteiger partial charge < -0.3 is 10.1 Å². The van der Waals surface area contributed by atoms with Gasteiger partial charge in [0, 0.05) is 12.7 Å². The summed E-state index contributed by atoms with van der Waals surface area (Å²) in [7, 11) is 1.64. The summed E-state index contributed by atoms with van der Waals surface area (Å²) in [6, 6.07) is 11.4. The highest BCUT2D eigenvalue weighted by Crippen LogP contribution is 2.27. The molecule has 0 spiro atoms. The van der Waals surface area contributed by atoms with Gasteiger partial charge in [0.1, 0.15) is 10.8 Å². The molecule has 1 N–H and O–H groups in total. The monoisotopic (exact) mass is 350 g/mol. The second-order valence-corrected chi connectivity index (χ2v) is 6.68. The van der Waals surface area contributed by atoms with E-state index in [1.165, 1.54) is 11.8 Å². The van der Waals surface area contributed by atoms with Crippen molar-refractivity contribution in [1.82, 2.24) is 10.3 Å². The van der Waals surface area contributed by atoms with Crippen molar-refractivity contribution in [1.29, 1.82) is 0 Å². The van der Waals surface area contributed by atoms with Crippen LogP contribution in [0.15, 0.2) is 47.6 Å². The first-order valence-corrected chi connectivity index (χ1v) is 8.53. The van der Waals surface area contributed by atoms with Crippen LogP contribution in [0.25, 0.3) is 0 Å². The average molecular weight is 351 g/mol. The molecule has 0 saturated heterocycles. The SMILES string of the molecule is COc1ccc(CCNC(=O)C(C)Sc2ncccc2Cl)cc1. The Balaban J connectivity index is 1.78. The fourth-order valence-electron chi connectivity index (χ4n) is 1.94. The van der Waals surface area contributed by atoms with Gasteiger partial charge in [-0.25, -0.2) is 4.98 Å². The zero-order chi connectivity index (χ0) is 16.7. The summed E-state index contributed by atoms with van der Waals surface area (Å²) < 4.78 is 5.12. The maximum atomic E-state index is 12.1. The molecule has 1 heterocycles. The van der Waals surface area contributed by atoms with E-state index in [0.29, 0.717) is 16.6 Å². The minimum Gasteiger partial charge on any atom is -0.497 e. The molecule has 1 aromatic carbocycles. The van der Waals surface area contributed by atoms with Crippen molar-refractivity contribution in [3.8, 4) is 5.75 Å². The van der Waals surface area contributed by atoms with Crippen LogP contribution in [0.1, 0.15) is 12.5 Å². The quantitative estimate of drug-likeness (QED) is 0.775. The normalized spacial score (nSPS) is 11.8. The van der Waals surface area contributed by atoms with Crippen LogP contribution in [0.4, 0.5) is 0 Å². The van der Waals surface area contributed by atoms with E-state index in [2.05, 4.69) is 10.3 Å². The highest BCUT2D eigenvalue weighted by atomic mass is 35.5. The molecular weight excluding hydrogens is 332 g/mol. The van der Waals surface area contributed by atoms with Gasteiger partial charge in [0.25, 0.3) is 0 Å². The van der Waals surface area contributed by atoms with Crippen LogP contribution in [0.5, 0.6) is 5.75 Å². The van der Waals surface area contributed by atoms with Crippen LogP contribution in [0.3, 0.4) is 0 Å². The summed E-state index contributed by atoms with van der Waals surface area (Å²) in [6.07, 6.45) is 2.44. The van der Waals surface area contributed by atoms with Gasteiger partial charge >= 0.3 is 0 Å². The number of pyridine rings is 1. The number of hydrogen-bond acceptors (Lipinski definition) is 4. The number of thioether (sulfide) groups is 1. The fraction of sp³-hybridized carbons (Fsp3) is 0.294. The van der Waals surface area contributed by atoms with E-state index in [0.717, 1.165) is 17.7 Å². The molecule has 2 rings (SSSR count). The summed E-state index contributed by atoms with van der Waals surface area (Å²) in [5.74, 6) is 0.806. The van der Waals surface area contributed by atoms with Crippen molar-refractivity contribution in [2.45, 2.75) is 23.6 Å². The second kappa shape index (κ2) is 8.79. The molecule has 2 aromatic rings. The number of carbonyl (C=O) groups is 1. The molecule has 6 heteroatoms. The van der Waals surface area contributed by atoms with Gasteiger partial charge in [0.2, 0.25) is 5.91 Å². The van der Waals surface area contributed by atoms with Crippen molar-refractivity contribution in [2.24, 2.45) is 0 Å². The topological polar surface area (TPSA) is 51.2 Å². The zero-order valence-corrected chi connectivity index (χ0v) is 14.7. The smallest absolute Gasteiger partial charge is 0.233 e. The molecule has 0 radical (unpaired) electrons. The van der Waals surface area contributed by atoms with Crippen LogP contribution in [-0.2, 0) is 11.2 Å². The molecule has 1 aromatic heterocycles. The molecule has 4 nitrogen and oxygen atoms in total. The number of nitrogens with one attached hydrogen (secondary N) is 1. The molecule has 0 aliphatic carbocycles. The average Bonchev–Trinajstić information content (AvgIpc) is 2.57. The van der Waals surface area contributed by atoms with Crippen molar-refractivity contribution in [3.63, 3.8) is 0 Å². The van der Waals surface area contributed by atoms with Crippen LogP contribution >= 0.6 is 23.4 Å². The summed E-state index contributed by atoms with van der Waals surface area (Å²) in [4.78, 5) is 16.3. The number of carbonyl (C=O) groups excluding carboxylic acids is 1. The predicted molar refractivity (Wildman–Crippen MR) is 94.3 cm³/mol. The van der Waals surface area contributed by atoms with Crippen molar-refractivity contribution in [3.05, 3.63) is 53.2 Å². The number of halogens is 1. The molecule has 0 aliphatic heterocycles. The second-order valence-electron chi connectivity index (χ2n) is 4.94. The minimum atomic E-state index is -0.252. The number of ether oxygens (including phenoxy) is 1. The zero-order valence-electron chi connectivity index (χ0n) is 13.1. The third-order valence-electron chi connectivity index (χ3n) is 3.25. The number of hydrogen-bond donors (Lipinski definition) is 1. The molecule has 0 saturated carbocycles. The third kappa shape index (κ3) is 5.44. The summed E-state index contributed by atoms with van der Waals surface area (Å²) in [6.45, 7) is 2.43. The minimum absolute atomic E-state index is 0.0229. The standard InChI is InChI=1S/C17H19ClN2O2S/c1-12(23-17-15(18)4-3-10-20-17)16(21)19-11-9-13-5-7-14(22-2)8-6-13/h3-8,10,12H,9,11H2,1-2H3,(H,19,21). The molecule has 1 unspecified atom stereocenters. The highest BCUT2D eigenvalue weighted by molar-refractivity contribution is 8.00. The van der Waals surface area contributed by atoms with E-state index in [4.69, 9.17) is 16.3 Å². The van der Waals surface area contributed by atoms with Gasteiger partial charge in [-0.15, -0.1) is 0 Å². The summed E-state index contributed by atoms with van der Waals surface area (Å²) in [5.41, 5.74) is 1.15. The maximum absolute atomic E-state index is 12.1. The number of rotatable bonds is 7. The van der Waals surface area contributed by atoms with Crippen LogP contribution in [0, 0.1) is 0 Å². The Labute approximate surface area is 145 Å². The van der Waals surface area contributed by atoms with Crippen molar-refractivity contribution >= 4 is 29.3 Å². The Morgan fingerprint density at radius 2 is 2.09 bits per heavy atom. The number of amides is 1. The first kappa shape index (κ1) is 17.6. The van der Waals surface area contributed by atoms with Gasteiger partial charge in [-0.3, -0.25) is 4.79 Å². The van der Waals surface area contributed by atoms with Gasteiger partial charge in [-0.05, 0) is 43.2 Å². The van der Waals surface area contributed by atoms with E-state index in [1.807, 2.05) is 31.2 Å². The summed E-state index contributed by atoms with van der Waals surface area (Å²) in [5, 5.41) is 3.92. The van der Waals surface area contributed by atoms with Gasteiger partial charge in [0.05, 0.1) is 17.4 Å². The number of nitrogens with zero attached hydrogens (tertiary/aromatic N) is 1. The highest BCUT2D eigenvalue weighted by Gasteiger charge is 2.16. The van der Waals surface area contributed by atoms with Crippen LogP contribution in [0.2, 0.25) is 5.02 Å². The van der Waals surface area contributed by atoms with Crippen LogP contribution < -0.4 is 10.1 Å². The molecule has 1 amide bonds. The van der Waals surface area contributed by atoms with Gasteiger partial charge in [-0.1, -0.05) is 35.5 Å². The molecular formula is C17H19ClN2O2S. The molecule has 1 atom stereocenters. The summed E-state index contributed by atoms with van der Waals surface area (Å²) >= 11 is 7.41. The molecule has 122 valence electrons. The van der Waals surface area contributed by atoms with E-state index in [9.17, 15) is 4.79 Å². The number of methoxy groups -OCH3 is 1. The first-order chi connectivity index (χ1) is 11.1. The molecule has 0 fully saturated rings. The largest absolute Gasteiger partial charge is 0.497 e. The first-order valence-electron chi connectivity index (χ1n) is 7.28. The Morgan fingerprint density at radius 3 is 2.74 bits per heavy atom. The van der Waals surface area contributed by atoms with E-state index in [-0.39, 0.29) is 11.2 Å². The Morgan fingerprint density at radius 1 is 1.35 bits per heavy atom. The lowest BCUT2D eigenvalue weighted by molar-refractivity contribution is -0.120. The Kier molecular flexibility index (Phi) is 6.74.